The second-order valence-corrected chi connectivity index (χ2v) is 6.42. The highest BCUT2D eigenvalue weighted by atomic mass is 32.1. The molecule has 0 aromatic carbocycles. The van der Waals surface area contributed by atoms with Gasteiger partial charge in [0.2, 0.25) is 5.91 Å². The molecule has 2 aromatic rings. The van der Waals surface area contributed by atoms with E-state index in [2.05, 4.69) is 10.4 Å². The lowest BCUT2D eigenvalue weighted by Gasteiger charge is -2.07. The summed E-state index contributed by atoms with van der Waals surface area (Å²) < 4.78 is 11.1. The Balaban J connectivity index is 2.27. The number of esters is 2. The molecule has 12 heteroatoms. The SMILES string of the molecule is CCOC(=O)c1sc(NC(=O)Cn2cc([N+](=O)[O-])cn2)c(C(=O)OCC)c1C. The van der Waals surface area contributed by atoms with E-state index in [4.69, 9.17) is 9.47 Å². The molecule has 0 aliphatic heterocycles. The fraction of sp³-hybridized carbons (Fsp3) is 0.375. The minimum atomic E-state index is -0.683. The summed E-state index contributed by atoms with van der Waals surface area (Å²) in [6.45, 7) is 4.80. The summed E-state index contributed by atoms with van der Waals surface area (Å²) in [5.41, 5.74) is 0.151. The molecule has 2 rings (SSSR count). The highest BCUT2D eigenvalue weighted by Gasteiger charge is 2.27. The van der Waals surface area contributed by atoms with Gasteiger partial charge in [0.05, 0.1) is 23.7 Å². The normalized spacial score (nSPS) is 10.4. The van der Waals surface area contributed by atoms with Crippen molar-refractivity contribution in [2.75, 3.05) is 18.5 Å². The standard InChI is InChI=1S/C16H18N4O7S/c1-4-26-15(22)12-9(3)13(16(23)27-5-2)28-14(12)18-11(21)8-19-7-10(6-17-19)20(24)25/h6-7H,4-5,8H2,1-3H3,(H,18,21). The number of rotatable bonds is 8. The molecule has 0 bridgehead atoms. The molecule has 0 spiro atoms. The molecular formula is C16H18N4O7S. The number of hydrogen-bond donors (Lipinski definition) is 1. The summed E-state index contributed by atoms with van der Waals surface area (Å²) in [5.74, 6) is -1.88. The van der Waals surface area contributed by atoms with Gasteiger partial charge >= 0.3 is 17.6 Å². The molecule has 11 nitrogen and oxygen atoms in total. The molecule has 0 unspecified atom stereocenters. The van der Waals surface area contributed by atoms with E-state index in [1.165, 1.54) is 0 Å². The highest BCUT2D eigenvalue weighted by Crippen LogP contribution is 2.34. The molecule has 0 saturated heterocycles. The van der Waals surface area contributed by atoms with Gasteiger partial charge in [-0.15, -0.1) is 11.3 Å². The monoisotopic (exact) mass is 410 g/mol. The molecule has 0 aliphatic rings. The number of carbonyl (C=O) groups is 3. The van der Waals surface area contributed by atoms with Crippen LogP contribution < -0.4 is 5.32 Å². The van der Waals surface area contributed by atoms with Gasteiger partial charge in [-0.25, -0.2) is 9.59 Å². The second-order valence-electron chi connectivity index (χ2n) is 5.40. The van der Waals surface area contributed by atoms with Crippen LogP contribution in [-0.4, -0.2) is 45.8 Å². The first-order valence-electron chi connectivity index (χ1n) is 8.22. The van der Waals surface area contributed by atoms with Gasteiger partial charge in [0.25, 0.3) is 0 Å². The van der Waals surface area contributed by atoms with Crippen molar-refractivity contribution < 1.29 is 28.8 Å². The Bertz CT molecular complexity index is 918. The van der Waals surface area contributed by atoms with Crippen molar-refractivity contribution in [1.29, 1.82) is 0 Å². The lowest BCUT2D eigenvalue weighted by Crippen LogP contribution is -2.20. The maximum atomic E-state index is 12.3. The molecule has 0 atom stereocenters. The van der Waals surface area contributed by atoms with Crippen molar-refractivity contribution in [2.24, 2.45) is 0 Å². The first-order valence-corrected chi connectivity index (χ1v) is 9.04. The second kappa shape index (κ2) is 9.08. The third-order valence-electron chi connectivity index (χ3n) is 3.48. The van der Waals surface area contributed by atoms with Crippen LogP contribution >= 0.6 is 11.3 Å². The van der Waals surface area contributed by atoms with Crippen molar-refractivity contribution in [3.8, 4) is 0 Å². The number of nitrogens with zero attached hydrogens (tertiary/aromatic N) is 3. The molecular weight excluding hydrogens is 392 g/mol. The minimum Gasteiger partial charge on any atom is -0.462 e. The Morgan fingerprint density at radius 3 is 2.46 bits per heavy atom. The van der Waals surface area contributed by atoms with Gasteiger partial charge in [-0.3, -0.25) is 19.6 Å². The Morgan fingerprint density at radius 1 is 1.25 bits per heavy atom. The zero-order chi connectivity index (χ0) is 20.8. The van der Waals surface area contributed by atoms with Crippen molar-refractivity contribution in [1.82, 2.24) is 9.78 Å². The smallest absolute Gasteiger partial charge is 0.348 e. The summed E-state index contributed by atoms with van der Waals surface area (Å²) in [6.07, 6.45) is 2.13. The van der Waals surface area contributed by atoms with Crippen LogP contribution in [0.4, 0.5) is 10.7 Å². The lowest BCUT2D eigenvalue weighted by molar-refractivity contribution is -0.385. The number of nitro groups is 1. The van der Waals surface area contributed by atoms with E-state index < -0.39 is 22.8 Å². The van der Waals surface area contributed by atoms with E-state index in [-0.39, 0.29) is 40.9 Å². The largest absolute Gasteiger partial charge is 0.462 e. The fourth-order valence-electron chi connectivity index (χ4n) is 2.29. The quantitative estimate of drug-likeness (QED) is 0.396. The number of amides is 1. The van der Waals surface area contributed by atoms with Gasteiger partial charge in [-0.05, 0) is 26.3 Å². The Labute approximate surface area is 163 Å². The Kier molecular flexibility index (Phi) is 6.82. The van der Waals surface area contributed by atoms with Crippen LogP contribution in [0.25, 0.3) is 0 Å². The average molecular weight is 410 g/mol. The first kappa shape index (κ1) is 21.0. The number of anilines is 1. The number of ether oxygens (including phenoxy) is 2. The van der Waals surface area contributed by atoms with Gasteiger partial charge in [-0.1, -0.05) is 0 Å². The molecule has 0 aliphatic carbocycles. The molecule has 0 radical (unpaired) electrons. The van der Waals surface area contributed by atoms with Crippen LogP contribution in [0.1, 0.15) is 39.4 Å². The Morgan fingerprint density at radius 2 is 1.89 bits per heavy atom. The predicted molar refractivity (Wildman–Crippen MR) is 98.5 cm³/mol. The lowest BCUT2D eigenvalue weighted by atomic mass is 10.1. The Hall–Kier alpha value is -3.28. The van der Waals surface area contributed by atoms with Crippen LogP contribution in [0, 0.1) is 17.0 Å². The average Bonchev–Trinajstić information content (AvgIpc) is 3.20. The van der Waals surface area contributed by atoms with Crippen LogP contribution in [0.2, 0.25) is 0 Å². The summed E-state index contributed by atoms with van der Waals surface area (Å²) in [7, 11) is 0. The number of nitrogens with one attached hydrogen (secondary N) is 1. The maximum Gasteiger partial charge on any atom is 0.348 e. The topological polar surface area (TPSA) is 143 Å². The maximum absolute atomic E-state index is 12.3. The van der Waals surface area contributed by atoms with Crippen molar-refractivity contribution >= 4 is 39.9 Å². The molecule has 2 heterocycles. The zero-order valence-electron chi connectivity index (χ0n) is 15.4. The molecule has 0 fully saturated rings. The van der Waals surface area contributed by atoms with Crippen molar-refractivity contribution in [2.45, 2.75) is 27.3 Å². The highest BCUT2D eigenvalue weighted by molar-refractivity contribution is 7.18. The van der Waals surface area contributed by atoms with E-state index in [1.807, 2.05) is 0 Å². The van der Waals surface area contributed by atoms with Gasteiger partial charge in [-0.2, -0.15) is 5.10 Å². The minimum absolute atomic E-state index is 0.0645. The van der Waals surface area contributed by atoms with E-state index >= 15 is 0 Å². The molecule has 1 amide bonds. The van der Waals surface area contributed by atoms with E-state index in [9.17, 15) is 24.5 Å². The summed E-state index contributed by atoms with van der Waals surface area (Å²) >= 11 is 0.892. The number of thiophene rings is 1. The van der Waals surface area contributed by atoms with Gasteiger partial charge in [0.15, 0.2) is 0 Å². The third-order valence-corrected chi connectivity index (χ3v) is 4.66. The van der Waals surface area contributed by atoms with Crippen molar-refractivity contribution in [3.05, 3.63) is 38.5 Å². The molecule has 1 N–H and O–H groups in total. The number of carbonyl (C=O) groups excluding carboxylic acids is 3. The van der Waals surface area contributed by atoms with Crippen LogP contribution in [0.3, 0.4) is 0 Å². The van der Waals surface area contributed by atoms with E-state index in [1.54, 1.807) is 20.8 Å². The van der Waals surface area contributed by atoms with Gasteiger partial charge < -0.3 is 14.8 Å². The van der Waals surface area contributed by atoms with Gasteiger partial charge in [0, 0.05) is 0 Å². The molecule has 2 aromatic heterocycles. The number of hydrogen-bond acceptors (Lipinski definition) is 9. The third kappa shape index (κ3) is 4.71. The molecule has 0 saturated carbocycles. The van der Waals surface area contributed by atoms with Crippen molar-refractivity contribution in [3.63, 3.8) is 0 Å². The van der Waals surface area contributed by atoms with Crippen LogP contribution in [0.15, 0.2) is 12.4 Å². The van der Waals surface area contributed by atoms with Crippen LogP contribution in [-0.2, 0) is 20.8 Å². The van der Waals surface area contributed by atoms with Crippen LogP contribution in [0.5, 0.6) is 0 Å². The molecule has 28 heavy (non-hydrogen) atoms. The first-order chi connectivity index (χ1) is 13.3. The predicted octanol–water partition coefficient (Wildman–Crippen LogP) is 2.15. The van der Waals surface area contributed by atoms with E-state index in [0.717, 1.165) is 28.4 Å². The number of aromatic nitrogens is 2. The summed E-state index contributed by atoms with van der Waals surface area (Å²) in [6, 6.07) is 0. The summed E-state index contributed by atoms with van der Waals surface area (Å²) in [5, 5.41) is 17.1. The zero-order valence-corrected chi connectivity index (χ0v) is 16.2. The molecule has 150 valence electrons. The van der Waals surface area contributed by atoms with Gasteiger partial charge in [0.1, 0.15) is 28.8 Å². The summed E-state index contributed by atoms with van der Waals surface area (Å²) in [4.78, 5) is 46.9. The van der Waals surface area contributed by atoms with E-state index in [0.29, 0.717) is 5.56 Å². The fourth-order valence-corrected chi connectivity index (χ4v) is 3.39.